The molecular weight excluding hydrogens is 200 g/mol. The van der Waals surface area contributed by atoms with Gasteiger partial charge in [-0.25, -0.2) is 0 Å². The molecule has 2 rings (SSSR count). The van der Waals surface area contributed by atoms with Crippen LogP contribution in [0, 0.1) is 0 Å². The molecule has 6 heteroatoms. The molecule has 1 heterocycles. The maximum atomic E-state index is 5.45. The maximum Gasteiger partial charge on any atom is 0.233 e. The average molecular weight is 214 g/mol. The van der Waals surface area contributed by atoms with Crippen LogP contribution in [0.4, 0.5) is 11.1 Å². The number of hydrogen-bond donors (Lipinski definition) is 2. The third-order valence-corrected chi connectivity index (χ3v) is 2.93. The van der Waals surface area contributed by atoms with E-state index in [2.05, 4.69) is 14.7 Å². The smallest absolute Gasteiger partial charge is 0.233 e. The van der Waals surface area contributed by atoms with Crippen molar-refractivity contribution in [1.82, 2.24) is 9.36 Å². The van der Waals surface area contributed by atoms with Gasteiger partial charge in [-0.15, -0.1) is 0 Å². The predicted molar refractivity (Wildman–Crippen MR) is 56.4 cm³/mol. The van der Waals surface area contributed by atoms with Crippen LogP contribution in [0.5, 0.6) is 0 Å². The normalized spacial score (nSPS) is 25.8. The Kier molecular flexibility index (Phi) is 2.83. The molecule has 14 heavy (non-hydrogen) atoms. The Hall–Kier alpha value is -0.880. The molecular formula is C8H14N4OS. The van der Waals surface area contributed by atoms with Crippen molar-refractivity contribution in [1.29, 1.82) is 0 Å². The second kappa shape index (κ2) is 4.10. The van der Waals surface area contributed by atoms with Crippen LogP contribution in [0.2, 0.25) is 0 Å². The topological polar surface area (TPSA) is 73.1 Å². The van der Waals surface area contributed by atoms with Gasteiger partial charge >= 0.3 is 0 Å². The molecule has 0 amide bonds. The molecule has 0 bridgehead atoms. The van der Waals surface area contributed by atoms with Crippen molar-refractivity contribution in [2.75, 3.05) is 17.7 Å². The third kappa shape index (κ3) is 2.13. The SMILES string of the molecule is CCOC1CC(Nc2nc(N)ns2)C1. The highest BCUT2D eigenvalue weighted by Gasteiger charge is 2.29. The first kappa shape index (κ1) is 9.67. The Bertz CT molecular complexity index is 297. The lowest BCUT2D eigenvalue weighted by Gasteiger charge is -2.35. The van der Waals surface area contributed by atoms with Crippen molar-refractivity contribution in [3.05, 3.63) is 0 Å². The Balaban J connectivity index is 1.74. The molecule has 0 radical (unpaired) electrons. The molecule has 0 unspecified atom stereocenters. The molecule has 78 valence electrons. The fourth-order valence-electron chi connectivity index (χ4n) is 1.52. The number of aromatic nitrogens is 2. The number of ether oxygens (including phenoxy) is 1. The van der Waals surface area contributed by atoms with Crippen LogP contribution >= 0.6 is 11.5 Å². The van der Waals surface area contributed by atoms with Gasteiger partial charge in [-0.05, 0) is 19.8 Å². The highest BCUT2D eigenvalue weighted by Crippen LogP contribution is 2.27. The van der Waals surface area contributed by atoms with Crippen molar-refractivity contribution in [2.24, 2.45) is 0 Å². The van der Waals surface area contributed by atoms with Gasteiger partial charge in [0.15, 0.2) is 0 Å². The summed E-state index contributed by atoms with van der Waals surface area (Å²) in [4.78, 5) is 4.04. The molecule has 3 N–H and O–H groups in total. The number of rotatable bonds is 4. The van der Waals surface area contributed by atoms with Crippen LogP contribution in [0.15, 0.2) is 0 Å². The Labute approximate surface area is 86.8 Å². The van der Waals surface area contributed by atoms with E-state index in [9.17, 15) is 0 Å². The van der Waals surface area contributed by atoms with Gasteiger partial charge in [0.25, 0.3) is 0 Å². The summed E-state index contributed by atoms with van der Waals surface area (Å²) in [5, 5.41) is 4.08. The zero-order valence-corrected chi connectivity index (χ0v) is 8.88. The fraction of sp³-hybridized carbons (Fsp3) is 0.750. The van der Waals surface area contributed by atoms with Crippen LogP contribution in [-0.2, 0) is 4.74 Å². The lowest BCUT2D eigenvalue weighted by atomic mass is 9.89. The first-order valence-electron chi connectivity index (χ1n) is 4.75. The van der Waals surface area contributed by atoms with Gasteiger partial charge in [-0.3, -0.25) is 0 Å². The number of nitrogen functional groups attached to an aromatic ring is 1. The fourth-order valence-corrected chi connectivity index (χ4v) is 2.10. The minimum absolute atomic E-state index is 0.346. The van der Waals surface area contributed by atoms with Gasteiger partial charge in [0.2, 0.25) is 11.1 Å². The molecule has 0 atom stereocenters. The minimum Gasteiger partial charge on any atom is -0.378 e. The van der Waals surface area contributed by atoms with E-state index in [1.807, 2.05) is 6.92 Å². The standard InChI is InChI=1S/C8H14N4OS/c1-2-13-6-3-5(4-6)10-8-11-7(9)12-14-8/h5-6H,2-4H2,1H3,(H3,9,10,11,12). The molecule has 1 saturated carbocycles. The van der Waals surface area contributed by atoms with Gasteiger partial charge in [0.05, 0.1) is 6.10 Å². The van der Waals surface area contributed by atoms with Crippen LogP contribution in [0.1, 0.15) is 19.8 Å². The van der Waals surface area contributed by atoms with E-state index in [1.54, 1.807) is 0 Å². The lowest BCUT2D eigenvalue weighted by molar-refractivity contribution is 0.00299. The maximum absolute atomic E-state index is 5.45. The van der Waals surface area contributed by atoms with Crippen LogP contribution in [0.3, 0.4) is 0 Å². The average Bonchev–Trinajstić information content (AvgIpc) is 2.48. The quantitative estimate of drug-likeness (QED) is 0.785. The Morgan fingerprint density at radius 2 is 2.43 bits per heavy atom. The molecule has 0 spiro atoms. The predicted octanol–water partition coefficient (Wildman–Crippen LogP) is 1.10. The van der Waals surface area contributed by atoms with E-state index in [0.717, 1.165) is 24.6 Å². The number of nitrogens with two attached hydrogens (primary N) is 1. The highest BCUT2D eigenvalue weighted by atomic mass is 32.1. The number of nitrogens with zero attached hydrogens (tertiary/aromatic N) is 2. The second-order valence-electron chi connectivity index (χ2n) is 3.35. The van der Waals surface area contributed by atoms with Gasteiger partial charge in [-0.2, -0.15) is 9.36 Å². The Morgan fingerprint density at radius 1 is 1.64 bits per heavy atom. The van der Waals surface area contributed by atoms with Crippen molar-refractivity contribution in [3.8, 4) is 0 Å². The number of anilines is 2. The molecule has 1 fully saturated rings. The van der Waals surface area contributed by atoms with Crippen molar-refractivity contribution in [2.45, 2.75) is 31.9 Å². The van der Waals surface area contributed by atoms with Gasteiger partial charge in [0, 0.05) is 24.2 Å². The second-order valence-corrected chi connectivity index (χ2v) is 4.10. The summed E-state index contributed by atoms with van der Waals surface area (Å²) in [6.45, 7) is 2.81. The number of nitrogens with one attached hydrogen (secondary N) is 1. The summed E-state index contributed by atoms with van der Waals surface area (Å²) in [5.74, 6) is 0.346. The number of hydrogen-bond acceptors (Lipinski definition) is 6. The lowest BCUT2D eigenvalue weighted by Crippen LogP contribution is -2.40. The van der Waals surface area contributed by atoms with Gasteiger partial charge in [-0.1, -0.05) is 0 Å². The molecule has 1 aromatic heterocycles. The van der Waals surface area contributed by atoms with Crippen molar-refractivity contribution in [3.63, 3.8) is 0 Å². The van der Waals surface area contributed by atoms with Crippen LogP contribution in [-0.4, -0.2) is 28.1 Å². The summed E-state index contributed by atoms with van der Waals surface area (Å²) >= 11 is 1.30. The summed E-state index contributed by atoms with van der Waals surface area (Å²) in [5.41, 5.74) is 5.41. The largest absolute Gasteiger partial charge is 0.378 e. The molecule has 1 aliphatic carbocycles. The molecule has 1 aromatic rings. The van der Waals surface area contributed by atoms with Crippen LogP contribution < -0.4 is 11.1 Å². The molecule has 1 aliphatic rings. The summed E-state index contributed by atoms with van der Waals surface area (Å²) < 4.78 is 9.35. The molecule has 0 aliphatic heterocycles. The summed E-state index contributed by atoms with van der Waals surface area (Å²) in [7, 11) is 0. The van der Waals surface area contributed by atoms with Gasteiger partial charge < -0.3 is 15.8 Å². The molecule has 0 aromatic carbocycles. The Morgan fingerprint density at radius 3 is 3.00 bits per heavy atom. The van der Waals surface area contributed by atoms with E-state index in [1.165, 1.54) is 11.5 Å². The van der Waals surface area contributed by atoms with E-state index >= 15 is 0 Å². The molecule has 0 saturated heterocycles. The van der Waals surface area contributed by atoms with E-state index in [-0.39, 0.29) is 0 Å². The molecule has 5 nitrogen and oxygen atoms in total. The summed E-state index contributed by atoms with van der Waals surface area (Å²) in [6, 6.07) is 0.471. The summed E-state index contributed by atoms with van der Waals surface area (Å²) in [6.07, 6.45) is 2.52. The van der Waals surface area contributed by atoms with Crippen LogP contribution in [0.25, 0.3) is 0 Å². The first-order valence-corrected chi connectivity index (χ1v) is 5.52. The zero-order chi connectivity index (χ0) is 9.97. The highest BCUT2D eigenvalue weighted by molar-refractivity contribution is 7.09. The monoisotopic (exact) mass is 214 g/mol. The zero-order valence-electron chi connectivity index (χ0n) is 8.06. The third-order valence-electron chi connectivity index (χ3n) is 2.27. The van der Waals surface area contributed by atoms with Crippen molar-refractivity contribution >= 4 is 22.6 Å². The van der Waals surface area contributed by atoms with Crippen molar-refractivity contribution < 1.29 is 4.74 Å². The minimum atomic E-state index is 0.346. The van der Waals surface area contributed by atoms with E-state index in [0.29, 0.717) is 18.1 Å². The van der Waals surface area contributed by atoms with E-state index < -0.39 is 0 Å². The van der Waals surface area contributed by atoms with Gasteiger partial charge in [0.1, 0.15) is 0 Å². The first-order chi connectivity index (χ1) is 6.78. The van der Waals surface area contributed by atoms with E-state index in [4.69, 9.17) is 10.5 Å².